The maximum atomic E-state index is 9.57. The Morgan fingerprint density at radius 2 is 1.12 bits per heavy atom. The lowest BCUT2D eigenvalue weighted by molar-refractivity contribution is 0.670. The normalized spacial score (nSPS) is 14.4. The van der Waals surface area contributed by atoms with Crippen LogP contribution in [0.1, 0.15) is 12.3 Å². The van der Waals surface area contributed by atoms with Crippen LogP contribution in [0, 0.1) is 0 Å². The molecule has 0 aliphatic rings. The second kappa shape index (κ2) is 10.5. The molecule has 5 nitrogen and oxygen atoms in total. The van der Waals surface area contributed by atoms with Crippen LogP contribution in [-0.4, -0.2) is 15.0 Å². The lowest BCUT2D eigenvalue weighted by atomic mass is 9.98. The number of para-hydroxylation sites is 1. The summed E-state index contributed by atoms with van der Waals surface area (Å²) in [6.45, 7) is 0. The Morgan fingerprint density at radius 1 is 0.438 bits per heavy atom. The number of fused-ring (bicyclic) bond motifs is 8. The van der Waals surface area contributed by atoms with Crippen LogP contribution in [0.2, 0.25) is 0 Å². The smallest absolute Gasteiger partial charge is 0.164 e. The van der Waals surface area contributed by atoms with Crippen molar-refractivity contribution in [2.45, 2.75) is 0 Å². The minimum Gasteiger partial charge on any atom is -0.455 e. The molecule has 10 aromatic rings. The molecule has 5 heteroatoms. The molecule has 3 aromatic heterocycles. The maximum absolute atomic E-state index is 9.57. The molecule has 7 aromatic carbocycles. The lowest BCUT2D eigenvalue weighted by Crippen LogP contribution is -2.00. The largest absolute Gasteiger partial charge is 0.455 e. The first-order valence-electron chi connectivity index (χ1n) is 19.7. The van der Waals surface area contributed by atoms with Crippen molar-refractivity contribution in [1.29, 1.82) is 0 Å². The van der Waals surface area contributed by atoms with Gasteiger partial charge in [-0.25, -0.2) is 15.0 Å². The van der Waals surface area contributed by atoms with Crippen molar-refractivity contribution in [3.8, 4) is 45.3 Å². The van der Waals surface area contributed by atoms with E-state index in [0.717, 1.165) is 21.9 Å². The number of hydrogen-bond donors (Lipinski definition) is 0. The third-order valence-corrected chi connectivity index (χ3v) is 8.43. The van der Waals surface area contributed by atoms with Gasteiger partial charge < -0.3 is 8.83 Å². The van der Waals surface area contributed by atoms with Crippen molar-refractivity contribution in [3.05, 3.63) is 151 Å². The highest BCUT2D eigenvalue weighted by Gasteiger charge is 2.21. The first-order valence-corrected chi connectivity index (χ1v) is 15.2. The van der Waals surface area contributed by atoms with Gasteiger partial charge in [-0.05, 0) is 53.3 Å². The first-order chi connectivity index (χ1) is 27.5. The van der Waals surface area contributed by atoms with Crippen LogP contribution < -0.4 is 0 Å². The Bertz CT molecular complexity index is 3350. The van der Waals surface area contributed by atoms with E-state index in [4.69, 9.17) is 33.4 Å². The minimum absolute atomic E-state index is 0.0764. The van der Waals surface area contributed by atoms with Crippen LogP contribution in [0.4, 0.5) is 0 Å². The molecule has 0 saturated carbocycles. The van der Waals surface area contributed by atoms with Crippen molar-refractivity contribution >= 4 is 54.6 Å². The zero-order valence-corrected chi connectivity index (χ0v) is 24.9. The summed E-state index contributed by atoms with van der Waals surface area (Å²) in [7, 11) is 0. The Labute approximate surface area is 287 Å². The molecular formula is C43H25N3O2. The second-order valence-electron chi connectivity index (χ2n) is 11.3. The van der Waals surface area contributed by atoms with Gasteiger partial charge >= 0.3 is 0 Å². The van der Waals surface area contributed by atoms with Gasteiger partial charge in [0.25, 0.3) is 0 Å². The second-order valence-corrected chi connectivity index (χ2v) is 11.3. The Kier molecular flexibility index (Phi) is 4.18. The molecule has 48 heavy (non-hydrogen) atoms. The van der Waals surface area contributed by atoms with Gasteiger partial charge in [-0.3, -0.25) is 0 Å². The zero-order chi connectivity index (χ0) is 39.4. The summed E-state index contributed by atoms with van der Waals surface area (Å²) in [5.41, 5.74) is 3.74. The highest BCUT2D eigenvalue weighted by atomic mass is 16.3. The molecule has 0 saturated heterocycles. The van der Waals surface area contributed by atoms with E-state index in [1.54, 1.807) is 0 Å². The molecule has 0 bridgehead atoms. The number of benzene rings is 7. The van der Waals surface area contributed by atoms with Crippen molar-refractivity contribution in [1.82, 2.24) is 15.0 Å². The van der Waals surface area contributed by atoms with Crippen molar-refractivity contribution in [2.75, 3.05) is 0 Å². The predicted octanol–water partition coefficient (Wildman–Crippen LogP) is 11.5. The number of nitrogens with zero attached hydrogens (tertiary/aromatic N) is 3. The fraction of sp³-hybridized carbons (Fsp3) is 0. The van der Waals surface area contributed by atoms with E-state index < -0.39 is 48.3 Å². The molecule has 0 atom stereocenters. The number of aromatic nitrogens is 3. The summed E-state index contributed by atoms with van der Waals surface area (Å²) >= 11 is 0. The Balaban J connectivity index is 1.30. The van der Waals surface area contributed by atoms with Gasteiger partial charge in [-0.1, -0.05) is 109 Å². The topological polar surface area (TPSA) is 65.0 Å². The molecule has 224 valence electrons. The number of furan rings is 2. The third kappa shape index (κ3) is 4.15. The molecule has 0 N–H and O–H groups in total. The third-order valence-electron chi connectivity index (χ3n) is 8.43. The fourth-order valence-corrected chi connectivity index (χ4v) is 6.21. The van der Waals surface area contributed by atoms with Crippen LogP contribution in [0.25, 0.3) is 99.9 Å². The summed E-state index contributed by atoms with van der Waals surface area (Å²) in [6.07, 6.45) is 0. The van der Waals surface area contributed by atoms with Crippen molar-refractivity contribution < 1.29 is 21.2 Å². The Hall–Kier alpha value is -6.59. The molecule has 3 heterocycles. The van der Waals surface area contributed by atoms with Gasteiger partial charge in [-0.2, -0.15) is 0 Å². The minimum atomic E-state index is -0.566. The van der Waals surface area contributed by atoms with Crippen LogP contribution in [-0.2, 0) is 0 Å². The summed E-state index contributed by atoms with van der Waals surface area (Å²) in [4.78, 5) is 14.6. The van der Waals surface area contributed by atoms with E-state index in [9.17, 15) is 2.74 Å². The summed E-state index contributed by atoms with van der Waals surface area (Å²) in [6, 6.07) is 26.2. The van der Waals surface area contributed by atoms with E-state index in [-0.39, 0.29) is 61.8 Å². The molecule has 0 aliphatic carbocycles. The number of hydrogen-bond acceptors (Lipinski definition) is 5. The fourth-order valence-electron chi connectivity index (χ4n) is 6.21. The van der Waals surface area contributed by atoms with Gasteiger partial charge in [0, 0.05) is 49.2 Å². The van der Waals surface area contributed by atoms with Gasteiger partial charge in [-0.15, -0.1) is 0 Å². The zero-order valence-electron chi connectivity index (χ0n) is 33.9. The summed E-state index contributed by atoms with van der Waals surface area (Å²) < 4.78 is 92.0. The molecule has 0 fully saturated rings. The van der Waals surface area contributed by atoms with E-state index in [1.165, 1.54) is 0 Å². The quantitative estimate of drug-likeness (QED) is 0.195. The average Bonchev–Trinajstić information content (AvgIpc) is 3.83. The lowest BCUT2D eigenvalue weighted by Gasteiger charge is -2.11. The highest BCUT2D eigenvalue weighted by molar-refractivity contribution is 6.17. The van der Waals surface area contributed by atoms with E-state index in [2.05, 4.69) is 0 Å². The Morgan fingerprint density at radius 3 is 1.98 bits per heavy atom. The summed E-state index contributed by atoms with van der Waals surface area (Å²) in [5.74, 6) is 0.365. The molecule has 0 spiro atoms. The molecule has 0 unspecified atom stereocenters. The van der Waals surface area contributed by atoms with Gasteiger partial charge in [0.05, 0.1) is 12.3 Å². The molecular weight excluding hydrogens is 590 g/mol. The van der Waals surface area contributed by atoms with Gasteiger partial charge in [0.2, 0.25) is 0 Å². The van der Waals surface area contributed by atoms with Gasteiger partial charge in [0.1, 0.15) is 22.3 Å². The molecule has 10 rings (SSSR count). The number of rotatable bonds is 4. The molecule has 0 amide bonds. The monoisotopic (exact) mass is 624 g/mol. The van der Waals surface area contributed by atoms with E-state index >= 15 is 0 Å². The van der Waals surface area contributed by atoms with Crippen LogP contribution in [0.15, 0.2) is 160 Å². The first kappa shape index (κ1) is 19.2. The van der Waals surface area contributed by atoms with E-state index in [1.807, 2.05) is 97.1 Å². The SMILES string of the molecule is [2H]c1c(-c2nc(-c3ccccc3)nc(-c3ccc(-c4ccccc4)c4oc5ccccc5c34)n2)c([2H])c2c(oc3c4c([2H])c([2H])c([2H])c([2H])c4c([2H])c([2H])c32)c1[2H]. The highest BCUT2D eigenvalue weighted by Crippen LogP contribution is 2.42. The van der Waals surface area contributed by atoms with Crippen LogP contribution in [0.5, 0.6) is 0 Å². The molecule has 0 radical (unpaired) electrons. The van der Waals surface area contributed by atoms with Crippen molar-refractivity contribution in [2.24, 2.45) is 0 Å². The van der Waals surface area contributed by atoms with Crippen LogP contribution >= 0.6 is 0 Å². The van der Waals surface area contributed by atoms with Crippen LogP contribution in [0.3, 0.4) is 0 Å². The average molecular weight is 625 g/mol. The van der Waals surface area contributed by atoms with Gasteiger partial charge in [0.15, 0.2) is 17.5 Å². The summed E-state index contributed by atoms with van der Waals surface area (Å²) in [5, 5.41) is 1.04. The maximum Gasteiger partial charge on any atom is 0.164 e. The van der Waals surface area contributed by atoms with E-state index in [0.29, 0.717) is 22.3 Å². The predicted molar refractivity (Wildman–Crippen MR) is 194 cm³/mol. The standard InChI is InChI=1S/C43H25N3O2/c1-3-11-26(12-4-1)31-22-23-34(38-33-17-9-10-18-36(33)48-40(31)38)43-45-41(28-14-5-2-6-15-28)44-42(46-43)29-20-24-37-35(25-29)32-21-19-27-13-7-8-16-30(27)39(32)47-37/h1-25H/i7D,8D,13D,16D,19D,20D,21D,24D,25D. The van der Waals surface area contributed by atoms with Crippen molar-refractivity contribution in [3.63, 3.8) is 0 Å². The molecule has 0 aliphatic heterocycles.